The summed E-state index contributed by atoms with van der Waals surface area (Å²) < 4.78 is 0. The number of Topliss-reactive ketones (excluding diaryl/α,β-unsaturated/α-hetero) is 1. The maximum atomic E-state index is 12.3. The highest BCUT2D eigenvalue weighted by molar-refractivity contribution is 7.99. The monoisotopic (exact) mass is 357 g/mol. The molecule has 2 heterocycles. The Kier molecular flexibility index (Phi) is 4.87. The molecule has 0 aliphatic heterocycles. The van der Waals surface area contributed by atoms with Gasteiger partial charge in [0.1, 0.15) is 0 Å². The molecule has 4 nitrogen and oxygen atoms in total. The fourth-order valence-corrected chi connectivity index (χ4v) is 3.56. The summed E-state index contributed by atoms with van der Waals surface area (Å²) in [7, 11) is 0. The van der Waals surface area contributed by atoms with E-state index in [1.54, 1.807) is 11.3 Å². The van der Waals surface area contributed by atoms with Gasteiger partial charge in [-0.1, -0.05) is 62.9 Å². The Bertz CT molecular complexity index is 815. The van der Waals surface area contributed by atoms with Crippen LogP contribution in [0, 0.1) is 0 Å². The molecule has 124 valence electrons. The highest BCUT2D eigenvalue weighted by Gasteiger charge is 2.15. The largest absolute Gasteiger partial charge is 0.293 e. The summed E-state index contributed by atoms with van der Waals surface area (Å²) in [5.74, 6) is 1.16. The third kappa shape index (κ3) is 3.94. The summed E-state index contributed by atoms with van der Waals surface area (Å²) in [4.78, 5) is 17.8. The summed E-state index contributed by atoms with van der Waals surface area (Å²) in [5, 5.41) is 9.67. The Balaban J connectivity index is 1.61. The lowest BCUT2D eigenvalue weighted by Crippen LogP contribution is -2.11. The van der Waals surface area contributed by atoms with Crippen LogP contribution in [0.15, 0.2) is 46.9 Å². The fraction of sp³-hybridized carbons (Fsp3) is 0.278. The number of nitrogens with zero attached hydrogens (tertiary/aromatic N) is 2. The molecule has 0 fully saturated rings. The van der Waals surface area contributed by atoms with Gasteiger partial charge in [-0.2, -0.15) is 0 Å². The lowest BCUT2D eigenvalue weighted by Gasteiger charge is -2.18. The predicted octanol–water partition coefficient (Wildman–Crippen LogP) is 4.81. The van der Waals surface area contributed by atoms with Crippen molar-refractivity contribution >= 4 is 28.9 Å². The number of benzene rings is 1. The zero-order valence-corrected chi connectivity index (χ0v) is 15.5. The summed E-state index contributed by atoms with van der Waals surface area (Å²) >= 11 is 2.96. The molecule has 0 saturated heterocycles. The van der Waals surface area contributed by atoms with Crippen LogP contribution in [-0.4, -0.2) is 26.7 Å². The van der Waals surface area contributed by atoms with Crippen LogP contribution in [0.5, 0.6) is 0 Å². The minimum atomic E-state index is 0.0860. The van der Waals surface area contributed by atoms with Crippen molar-refractivity contribution in [2.24, 2.45) is 0 Å². The quantitative estimate of drug-likeness (QED) is 0.526. The standard InChI is InChI=1S/C18H19N3OS2/c1-18(2,3)13-8-6-12(7-9-13)14(22)11-24-17-19-16(20-21-17)15-5-4-10-23-15/h4-10H,11H2,1-3H3,(H,19,20,21). The van der Waals surface area contributed by atoms with Gasteiger partial charge in [0.25, 0.3) is 0 Å². The molecule has 0 atom stereocenters. The Morgan fingerprint density at radius 2 is 1.96 bits per heavy atom. The number of ketones is 1. The van der Waals surface area contributed by atoms with Crippen molar-refractivity contribution in [2.75, 3.05) is 5.75 Å². The van der Waals surface area contributed by atoms with Gasteiger partial charge >= 0.3 is 0 Å². The first-order chi connectivity index (χ1) is 11.4. The summed E-state index contributed by atoms with van der Waals surface area (Å²) in [6, 6.07) is 11.8. The first kappa shape index (κ1) is 16.9. The van der Waals surface area contributed by atoms with Gasteiger partial charge in [0.15, 0.2) is 11.6 Å². The molecule has 0 spiro atoms. The molecule has 0 aliphatic rings. The van der Waals surface area contributed by atoms with Crippen LogP contribution < -0.4 is 0 Å². The molecule has 0 aliphatic carbocycles. The molecular weight excluding hydrogens is 338 g/mol. The molecular formula is C18H19N3OS2. The Morgan fingerprint density at radius 3 is 2.58 bits per heavy atom. The van der Waals surface area contributed by atoms with Gasteiger partial charge in [0.05, 0.1) is 10.6 Å². The summed E-state index contributed by atoms with van der Waals surface area (Å²) in [5.41, 5.74) is 2.04. The smallest absolute Gasteiger partial charge is 0.209 e. The van der Waals surface area contributed by atoms with Crippen molar-refractivity contribution in [1.82, 2.24) is 15.2 Å². The van der Waals surface area contributed by atoms with E-state index in [-0.39, 0.29) is 11.2 Å². The highest BCUT2D eigenvalue weighted by Crippen LogP contribution is 2.25. The van der Waals surface area contributed by atoms with Crippen LogP contribution in [0.2, 0.25) is 0 Å². The van der Waals surface area contributed by atoms with Gasteiger partial charge in [-0.05, 0) is 22.4 Å². The number of carbonyl (C=O) groups is 1. The minimum Gasteiger partial charge on any atom is -0.293 e. The van der Waals surface area contributed by atoms with Gasteiger partial charge in [0.2, 0.25) is 5.16 Å². The number of hydrogen-bond acceptors (Lipinski definition) is 5. The van der Waals surface area contributed by atoms with E-state index < -0.39 is 0 Å². The number of rotatable bonds is 5. The van der Waals surface area contributed by atoms with Gasteiger partial charge < -0.3 is 0 Å². The third-order valence-corrected chi connectivity index (χ3v) is 5.35. The fourth-order valence-electron chi connectivity index (χ4n) is 2.20. The van der Waals surface area contributed by atoms with E-state index in [1.807, 2.05) is 41.8 Å². The van der Waals surface area contributed by atoms with E-state index >= 15 is 0 Å². The van der Waals surface area contributed by atoms with Crippen LogP contribution in [0.25, 0.3) is 10.7 Å². The van der Waals surface area contributed by atoms with Gasteiger partial charge in [-0.3, -0.25) is 9.89 Å². The number of H-pyrrole nitrogens is 1. The molecule has 2 aromatic heterocycles. The van der Waals surface area contributed by atoms with Crippen molar-refractivity contribution < 1.29 is 4.79 Å². The van der Waals surface area contributed by atoms with Crippen LogP contribution in [0.1, 0.15) is 36.7 Å². The second-order valence-corrected chi connectivity index (χ2v) is 8.37. The van der Waals surface area contributed by atoms with Crippen LogP contribution in [0.4, 0.5) is 0 Å². The van der Waals surface area contributed by atoms with Crippen molar-refractivity contribution in [2.45, 2.75) is 31.3 Å². The summed E-state index contributed by atoms with van der Waals surface area (Å²) in [6.07, 6.45) is 0. The Hall–Kier alpha value is -1.92. The molecule has 1 aromatic carbocycles. The molecule has 0 amide bonds. The van der Waals surface area contributed by atoms with Gasteiger partial charge in [0, 0.05) is 5.56 Å². The Labute approximate surface area is 149 Å². The zero-order chi connectivity index (χ0) is 17.2. The van der Waals surface area contributed by atoms with E-state index in [0.29, 0.717) is 10.9 Å². The molecule has 0 bridgehead atoms. The van der Waals surface area contributed by atoms with Gasteiger partial charge in [-0.25, -0.2) is 4.98 Å². The first-order valence-corrected chi connectivity index (χ1v) is 9.53. The van der Waals surface area contributed by atoms with E-state index in [9.17, 15) is 4.79 Å². The predicted molar refractivity (Wildman–Crippen MR) is 99.9 cm³/mol. The molecule has 3 rings (SSSR count). The highest BCUT2D eigenvalue weighted by atomic mass is 32.2. The number of carbonyl (C=O) groups excluding carboxylic acids is 1. The maximum Gasteiger partial charge on any atom is 0.209 e. The van der Waals surface area contributed by atoms with Crippen molar-refractivity contribution in [3.05, 3.63) is 52.9 Å². The normalized spacial score (nSPS) is 11.6. The lowest BCUT2D eigenvalue weighted by atomic mass is 9.86. The number of aromatic nitrogens is 3. The van der Waals surface area contributed by atoms with Crippen molar-refractivity contribution in [1.29, 1.82) is 0 Å². The average molecular weight is 358 g/mol. The van der Waals surface area contributed by atoms with Crippen molar-refractivity contribution in [3.8, 4) is 10.7 Å². The number of thiophene rings is 1. The molecule has 6 heteroatoms. The van der Waals surface area contributed by atoms with Gasteiger partial charge in [-0.15, -0.1) is 16.4 Å². The SMILES string of the molecule is CC(C)(C)c1ccc(C(=O)CSc2n[nH]c(-c3cccs3)n2)cc1. The van der Waals surface area contributed by atoms with E-state index in [4.69, 9.17) is 0 Å². The van der Waals surface area contributed by atoms with E-state index in [1.165, 1.54) is 17.3 Å². The summed E-state index contributed by atoms with van der Waals surface area (Å²) in [6.45, 7) is 6.48. The number of aromatic amines is 1. The molecule has 0 saturated carbocycles. The zero-order valence-electron chi connectivity index (χ0n) is 13.9. The number of hydrogen-bond donors (Lipinski definition) is 1. The first-order valence-electron chi connectivity index (χ1n) is 7.66. The molecule has 0 radical (unpaired) electrons. The second kappa shape index (κ2) is 6.91. The van der Waals surface area contributed by atoms with Crippen LogP contribution in [0.3, 0.4) is 0 Å². The second-order valence-electron chi connectivity index (χ2n) is 6.48. The Morgan fingerprint density at radius 1 is 1.21 bits per heavy atom. The maximum absolute atomic E-state index is 12.3. The van der Waals surface area contributed by atoms with Crippen LogP contribution >= 0.6 is 23.1 Å². The molecule has 0 unspecified atom stereocenters. The number of thioether (sulfide) groups is 1. The van der Waals surface area contributed by atoms with E-state index in [0.717, 1.165) is 16.3 Å². The van der Waals surface area contributed by atoms with Crippen LogP contribution in [-0.2, 0) is 5.41 Å². The average Bonchev–Trinajstić information content (AvgIpc) is 3.23. The van der Waals surface area contributed by atoms with E-state index in [2.05, 4.69) is 36.0 Å². The lowest BCUT2D eigenvalue weighted by molar-refractivity contribution is 0.102. The topological polar surface area (TPSA) is 58.6 Å². The molecule has 24 heavy (non-hydrogen) atoms. The van der Waals surface area contributed by atoms with Crippen molar-refractivity contribution in [3.63, 3.8) is 0 Å². The molecule has 3 aromatic rings. The third-order valence-electron chi connectivity index (χ3n) is 3.62. The molecule has 1 N–H and O–H groups in total. The number of nitrogens with one attached hydrogen (secondary N) is 1. The minimum absolute atomic E-state index is 0.0860.